The molecule has 4 N–H and O–H groups in total. The lowest BCUT2D eigenvalue weighted by atomic mass is 10.1. The molecule has 6 rings (SSSR count). The molecule has 4 atom stereocenters. The number of hydrogen-bond donors (Lipinski definition) is 4. The van der Waals surface area contributed by atoms with Gasteiger partial charge in [0.15, 0.2) is 12.0 Å². The van der Waals surface area contributed by atoms with E-state index in [1.807, 2.05) is 30.7 Å². The van der Waals surface area contributed by atoms with E-state index in [1.54, 1.807) is 0 Å². The quantitative estimate of drug-likeness (QED) is 0.297. The normalized spacial score (nSPS) is 29.8. The van der Waals surface area contributed by atoms with Crippen molar-refractivity contribution < 1.29 is 38.4 Å². The van der Waals surface area contributed by atoms with Gasteiger partial charge < -0.3 is 43.7 Å². The van der Waals surface area contributed by atoms with Crippen molar-refractivity contribution in [1.29, 1.82) is 0 Å². The van der Waals surface area contributed by atoms with Gasteiger partial charge in [-0.05, 0) is 51.5 Å². The van der Waals surface area contributed by atoms with Gasteiger partial charge in [-0.2, -0.15) is 0 Å². The van der Waals surface area contributed by atoms with Gasteiger partial charge in [-0.15, -0.1) is 0 Å². The van der Waals surface area contributed by atoms with Crippen LogP contribution in [0.4, 0.5) is 5.82 Å². The Morgan fingerprint density at radius 1 is 1.21 bits per heavy atom. The van der Waals surface area contributed by atoms with Gasteiger partial charge in [0.25, 0.3) is 0 Å². The number of hydrogen-bond acceptors (Lipinski definition) is 9. The number of nitrogens with zero attached hydrogens (tertiary/aromatic N) is 3. The lowest BCUT2D eigenvalue weighted by molar-refractivity contribution is -0.201. The standard InChI is InChI=1S/C25H33N4O8P/c1-24(2)36-19-17(13-34-14-38(31,32)33)35-23(20(19)37-24)29-12-8-16-21(26-15-5-3-4-6-15)27-18(28-22(16)29)7-9-25(30)10-11-25/h8,12,15,17,19-20,23,30H,3-6,10-11,13-14H2,1-2H3,(H,26,27,28)(H2,31,32,33)/t17-,19-,20-,23-/m1/s1. The van der Waals surface area contributed by atoms with Gasteiger partial charge in [-0.3, -0.25) is 4.57 Å². The Hall–Kier alpha value is -2.07. The van der Waals surface area contributed by atoms with Gasteiger partial charge in [0.1, 0.15) is 41.7 Å². The fourth-order valence-corrected chi connectivity index (χ4v) is 5.73. The molecular formula is C25H33N4O8P. The Balaban J connectivity index is 1.34. The first-order chi connectivity index (χ1) is 18.0. The number of rotatable bonds is 7. The van der Waals surface area contributed by atoms with Crippen molar-refractivity contribution in [3.8, 4) is 11.8 Å². The average molecular weight is 549 g/mol. The third-order valence-corrected chi connectivity index (χ3v) is 7.86. The summed E-state index contributed by atoms with van der Waals surface area (Å²) in [6.07, 6.45) is 4.66. The zero-order valence-corrected chi connectivity index (χ0v) is 22.3. The maximum atomic E-state index is 11.3. The molecule has 0 amide bonds. The van der Waals surface area contributed by atoms with Gasteiger partial charge in [0.2, 0.25) is 5.82 Å². The second kappa shape index (κ2) is 9.54. The number of aromatic nitrogens is 3. The fourth-order valence-electron chi connectivity index (χ4n) is 5.39. The predicted octanol–water partition coefficient (Wildman–Crippen LogP) is 2.23. The minimum Gasteiger partial charge on any atom is -0.378 e. The largest absolute Gasteiger partial charge is 0.378 e. The Bertz CT molecular complexity index is 1320. The van der Waals surface area contributed by atoms with Crippen molar-refractivity contribution in [2.24, 2.45) is 0 Å². The lowest BCUT2D eigenvalue weighted by Crippen LogP contribution is -2.33. The minimum atomic E-state index is -4.32. The molecule has 2 saturated heterocycles. The number of aliphatic hydroxyl groups is 1. The van der Waals surface area contributed by atoms with Gasteiger partial charge in [0.05, 0.1) is 12.0 Å². The van der Waals surface area contributed by atoms with Crippen LogP contribution in [0.3, 0.4) is 0 Å². The van der Waals surface area contributed by atoms with Crippen molar-refractivity contribution in [2.75, 3.05) is 18.3 Å². The van der Waals surface area contributed by atoms with E-state index in [0.717, 1.165) is 18.2 Å². The van der Waals surface area contributed by atoms with Crippen LogP contribution in [-0.2, 0) is 23.5 Å². The number of anilines is 1. The van der Waals surface area contributed by atoms with E-state index in [4.69, 9.17) is 28.9 Å². The zero-order valence-electron chi connectivity index (χ0n) is 21.4. The van der Waals surface area contributed by atoms with Gasteiger partial charge in [-0.1, -0.05) is 18.8 Å². The lowest BCUT2D eigenvalue weighted by Gasteiger charge is -2.25. The Morgan fingerprint density at radius 3 is 2.66 bits per heavy atom. The molecule has 2 aliphatic heterocycles. The highest BCUT2D eigenvalue weighted by molar-refractivity contribution is 7.51. The summed E-state index contributed by atoms with van der Waals surface area (Å²) in [6, 6.07) is 2.25. The third-order valence-electron chi connectivity index (χ3n) is 7.34. The second-order valence-electron chi connectivity index (χ2n) is 11.1. The monoisotopic (exact) mass is 548 g/mol. The number of ether oxygens (including phenoxy) is 4. The van der Waals surface area contributed by atoms with Crippen LogP contribution in [0.15, 0.2) is 12.3 Å². The molecule has 0 bridgehead atoms. The Morgan fingerprint density at radius 2 is 1.95 bits per heavy atom. The summed E-state index contributed by atoms with van der Waals surface area (Å²) >= 11 is 0. The second-order valence-corrected chi connectivity index (χ2v) is 12.6. The maximum absolute atomic E-state index is 11.3. The topological polar surface area (TPSA) is 157 Å². The number of fused-ring (bicyclic) bond motifs is 2. The van der Waals surface area contributed by atoms with Crippen molar-refractivity contribution in [2.45, 2.75) is 94.3 Å². The molecule has 4 fully saturated rings. The molecule has 206 valence electrons. The molecule has 12 nitrogen and oxygen atoms in total. The van der Waals surface area contributed by atoms with Crippen LogP contribution in [-0.4, -0.2) is 78.1 Å². The molecule has 2 aromatic heterocycles. The summed E-state index contributed by atoms with van der Waals surface area (Å²) in [7, 11) is -4.32. The molecule has 0 spiro atoms. The SMILES string of the molecule is CC1(C)O[C@@H]2[C@H](O1)[C@@H](COCP(=O)(O)O)O[C@H]2n1ccc2c(NC3CCCC3)nc(C#CC3(O)CC3)nc21. The summed E-state index contributed by atoms with van der Waals surface area (Å²) < 4.78 is 37.0. The molecule has 38 heavy (non-hydrogen) atoms. The first-order valence-corrected chi connectivity index (χ1v) is 14.8. The van der Waals surface area contributed by atoms with Crippen molar-refractivity contribution in [3.05, 3.63) is 18.1 Å². The van der Waals surface area contributed by atoms with E-state index in [1.165, 1.54) is 12.8 Å². The van der Waals surface area contributed by atoms with Crippen LogP contribution in [0.2, 0.25) is 0 Å². The molecule has 2 saturated carbocycles. The highest BCUT2D eigenvalue weighted by Crippen LogP contribution is 2.45. The van der Waals surface area contributed by atoms with Crippen molar-refractivity contribution in [1.82, 2.24) is 14.5 Å². The smallest absolute Gasteiger partial charge is 0.350 e. The van der Waals surface area contributed by atoms with Gasteiger partial charge in [0, 0.05) is 12.2 Å². The maximum Gasteiger partial charge on any atom is 0.350 e. The minimum absolute atomic E-state index is 0.0693. The van der Waals surface area contributed by atoms with Gasteiger partial charge in [-0.25, -0.2) is 9.97 Å². The zero-order chi connectivity index (χ0) is 26.7. The van der Waals surface area contributed by atoms with Crippen molar-refractivity contribution >= 4 is 24.4 Å². The molecule has 0 aromatic carbocycles. The molecule has 2 aromatic rings. The fraction of sp³-hybridized carbons (Fsp3) is 0.680. The first-order valence-electron chi connectivity index (χ1n) is 13.0. The molecule has 13 heteroatoms. The van der Waals surface area contributed by atoms with E-state index >= 15 is 0 Å². The summed E-state index contributed by atoms with van der Waals surface area (Å²) in [5.41, 5.74) is -0.358. The van der Waals surface area contributed by atoms with Crippen LogP contribution in [0.1, 0.15) is 64.4 Å². The predicted molar refractivity (Wildman–Crippen MR) is 135 cm³/mol. The van der Waals surface area contributed by atoms with E-state index < -0.39 is 49.9 Å². The molecule has 4 heterocycles. The third kappa shape index (κ3) is 5.48. The van der Waals surface area contributed by atoms with E-state index in [9.17, 15) is 19.5 Å². The highest BCUT2D eigenvalue weighted by atomic mass is 31.2. The summed E-state index contributed by atoms with van der Waals surface area (Å²) in [5, 5.41) is 14.6. The summed E-state index contributed by atoms with van der Waals surface area (Å²) in [6.45, 7) is 3.55. The molecule has 4 aliphatic rings. The van der Waals surface area contributed by atoms with E-state index in [0.29, 0.717) is 36.2 Å². The Kier molecular flexibility index (Phi) is 6.57. The van der Waals surface area contributed by atoms with Gasteiger partial charge >= 0.3 is 7.60 Å². The van der Waals surface area contributed by atoms with Crippen LogP contribution < -0.4 is 5.32 Å². The molecule has 0 radical (unpaired) electrons. The van der Waals surface area contributed by atoms with E-state index in [2.05, 4.69) is 17.2 Å². The van der Waals surface area contributed by atoms with Crippen molar-refractivity contribution in [3.63, 3.8) is 0 Å². The molecule has 0 unspecified atom stereocenters. The van der Waals surface area contributed by atoms with Crippen LogP contribution in [0.25, 0.3) is 11.0 Å². The Labute approximate surface area is 220 Å². The van der Waals surface area contributed by atoms with E-state index in [-0.39, 0.29) is 6.61 Å². The molecule has 2 aliphatic carbocycles. The van der Waals surface area contributed by atoms with Crippen LogP contribution in [0, 0.1) is 11.8 Å². The summed E-state index contributed by atoms with van der Waals surface area (Å²) in [4.78, 5) is 27.8. The first kappa shape index (κ1) is 26.2. The van der Waals surface area contributed by atoms with Crippen LogP contribution >= 0.6 is 7.60 Å². The number of nitrogens with one attached hydrogen (secondary N) is 1. The molecular weight excluding hydrogens is 515 g/mol. The average Bonchev–Trinajstić information content (AvgIpc) is 3.26. The van der Waals surface area contributed by atoms with Crippen LogP contribution in [0.5, 0.6) is 0 Å². The summed E-state index contributed by atoms with van der Waals surface area (Å²) in [5.74, 6) is 5.97. The highest BCUT2D eigenvalue weighted by Gasteiger charge is 2.56.